The van der Waals surface area contributed by atoms with Gasteiger partial charge in [0.2, 0.25) is 5.91 Å². The largest absolute Gasteiger partial charge is 0.433 e. The van der Waals surface area contributed by atoms with E-state index >= 15 is 0 Å². The molecule has 8 heteroatoms. The van der Waals surface area contributed by atoms with Crippen LogP contribution in [0.4, 0.5) is 5.69 Å². The summed E-state index contributed by atoms with van der Waals surface area (Å²) in [4.78, 5) is 16.4. The quantitative estimate of drug-likeness (QED) is 0.246. The van der Waals surface area contributed by atoms with Crippen LogP contribution in [-0.4, -0.2) is 29.4 Å². The maximum atomic E-state index is 12.3. The Labute approximate surface area is 175 Å². The Hall–Kier alpha value is -4.07. The van der Waals surface area contributed by atoms with Crippen LogP contribution in [0.15, 0.2) is 54.5 Å². The van der Waals surface area contributed by atoms with Gasteiger partial charge in [0.1, 0.15) is 0 Å². The first kappa shape index (κ1) is 22.2. The van der Waals surface area contributed by atoms with Crippen LogP contribution >= 0.6 is 0 Å². The van der Waals surface area contributed by atoms with Crippen LogP contribution in [0.3, 0.4) is 0 Å². The Bertz CT molecular complexity index is 989. The zero-order valence-corrected chi connectivity index (χ0v) is 16.6. The zero-order chi connectivity index (χ0) is 21.9. The third-order valence-electron chi connectivity index (χ3n) is 4.19. The number of carbonyl (C=O) groups is 1. The summed E-state index contributed by atoms with van der Waals surface area (Å²) < 4.78 is 4.68. The van der Waals surface area contributed by atoms with E-state index in [1.54, 1.807) is 43.6 Å². The van der Waals surface area contributed by atoms with Gasteiger partial charge in [-0.3, -0.25) is 20.6 Å². The van der Waals surface area contributed by atoms with Crippen molar-refractivity contribution in [1.82, 2.24) is 4.98 Å². The minimum atomic E-state index is -0.302. The summed E-state index contributed by atoms with van der Waals surface area (Å²) in [5, 5.41) is 24.7. The molecule has 154 valence electrons. The number of hydrogen-bond acceptors (Lipinski definition) is 7. The smallest absolute Gasteiger partial charge is 0.248 e. The third-order valence-corrected chi connectivity index (χ3v) is 4.19. The second-order valence-electron chi connectivity index (χ2n) is 6.38. The summed E-state index contributed by atoms with van der Waals surface area (Å²) in [5.74, 6) is -0.267. The molecule has 2 rings (SSSR count). The van der Waals surface area contributed by atoms with Crippen molar-refractivity contribution >= 4 is 41.8 Å². The average molecular weight is 404 g/mol. The van der Waals surface area contributed by atoms with Gasteiger partial charge in [-0.25, -0.2) is 0 Å². The average Bonchev–Trinajstić information content (AvgIpc) is 2.73. The first-order chi connectivity index (χ1) is 14.4. The van der Waals surface area contributed by atoms with Gasteiger partial charge in [-0.1, -0.05) is 12.1 Å². The molecule has 1 heterocycles. The zero-order valence-electron chi connectivity index (χ0n) is 16.6. The molecule has 0 fully saturated rings. The van der Waals surface area contributed by atoms with Gasteiger partial charge in [0, 0.05) is 53.6 Å². The summed E-state index contributed by atoms with van der Waals surface area (Å²) in [5.41, 5.74) is 9.97. The van der Waals surface area contributed by atoms with E-state index in [0.717, 1.165) is 17.5 Å². The van der Waals surface area contributed by atoms with Gasteiger partial charge >= 0.3 is 0 Å². The molecule has 0 saturated heterocycles. The van der Waals surface area contributed by atoms with Crippen molar-refractivity contribution in [3.63, 3.8) is 0 Å². The fourth-order valence-corrected chi connectivity index (χ4v) is 2.68. The minimum absolute atomic E-state index is 0.0353. The molecule has 1 aromatic heterocycles. The van der Waals surface area contributed by atoms with Crippen molar-refractivity contribution in [3.05, 3.63) is 71.2 Å². The number of nitrogens with zero attached hydrogens (tertiary/aromatic N) is 1. The number of hydrogen-bond donors (Lipinski definition) is 5. The fourth-order valence-electron chi connectivity index (χ4n) is 2.68. The van der Waals surface area contributed by atoms with Gasteiger partial charge in [0.25, 0.3) is 0 Å². The van der Waals surface area contributed by atoms with E-state index in [1.807, 2.05) is 12.1 Å². The van der Waals surface area contributed by atoms with E-state index in [0.29, 0.717) is 35.4 Å². The second-order valence-corrected chi connectivity index (χ2v) is 6.38. The molecular formula is C22H24N6O2. The lowest BCUT2D eigenvalue weighted by molar-refractivity contribution is -0.111. The molecule has 0 atom stereocenters. The molecule has 2 aromatic rings. The standard InChI is InChI=1S/C22H24N6O2/c1-15(25)20(12-23)19-10-11-27-13-17(19)5-9-22(29)28-18-6-2-16(3-7-18)4-8-21(26)30-14-24/h2-3,5-7,9-14,23-24,26H,4,8,25H2,1H3,(H,28,29)/b9-5+,20-15+,23-12?,24-14?,26-21?. The van der Waals surface area contributed by atoms with Gasteiger partial charge in [-0.2, -0.15) is 0 Å². The predicted molar refractivity (Wildman–Crippen MR) is 120 cm³/mol. The van der Waals surface area contributed by atoms with Crippen LogP contribution in [0.2, 0.25) is 0 Å². The molecule has 0 bridgehead atoms. The predicted octanol–water partition coefficient (Wildman–Crippen LogP) is 3.61. The van der Waals surface area contributed by atoms with Crippen molar-refractivity contribution in [2.75, 3.05) is 5.32 Å². The number of benzene rings is 1. The molecule has 0 saturated carbocycles. The van der Waals surface area contributed by atoms with Crippen molar-refractivity contribution in [1.29, 1.82) is 16.2 Å². The monoisotopic (exact) mass is 404 g/mol. The van der Waals surface area contributed by atoms with Crippen molar-refractivity contribution in [2.45, 2.75) is 19.8 Å². The van der Waals surface area contributed by atoms with Gasteiger partial charge in [0.15, 0.2) is 12.3 Å². The summed E-state index contributed by atoms with van der Waals surface area (Å²) in [6, 6.07) is 9.04. The van der Waals surface area contributed by atoms with Gasteiger partial charge in [-0.05, 0) is 48.7 Å². The number of nitrogens with one attached hydrogen (secondary N) is 4. The van der Waals surface area contributed by atoms with Crippen LogP contribution in [0, 0.1) is 16.2 Å². The first-order valence-electron chi connectivity index (χ1n) is 9.16. The minimum Gasteiger partial charge on any atom is -0.433 e. The Morgan fingerprint density at radius 3 is 2.60 bits per heavy atom. The first-order valence-corrected chi connectivity index (χ1v) is 9.16. The maximum absolute atomic E-state index is 12.3. The van der Waals surface area contributed by atoms with Crippen LogP contribution < -0.4 is 11.1 Å². The van der Waals surface area contributed by atoms with Crippen LogP contribution in [0.25, 0.3) is 11.6 Å². The highest BCUT2D eigenvalue weighted by atomic mass is 16.5. The number of amides is 1. The summed E-state index contributed by atoms with van der Waals surface area (Å²) in [7, 11) is 0. The van der Waals surface area contributed by atoms with Crippen molar-refractivity contribution in [3.8, 4) is 0 Å². The number of carbonyl (C=O) groups excluding carboxylic acids is 1. The highest BCUT2D eigenvalue weighted by Gasteiger charge is 2.07. The Balaban J connectivity index is 2.02. The Morgan fingerprint density at radius 1 is 1.23 bits per heavy atom. The summed E-state index contributed by atoms with van der Waals surface area (Å²) in [6.45, 7) is 1.72. The molecule has 0 aliphatic carbocycles. The van der Waals surface area contributed by atoms with Crippen molar-refractivity contribution in [2.24, 2.45) is 5.73 Å². The second kappa shape index (κ2) is 11.1. The molecule has 30 heavy (non-hydrogen) atoms. The molecule has 8 nitrogen and oxygen atoms in total. The fraction of sp³-hybridized carbons (Fsp3) is 0.136. The summed E-state index contributed by atoms with van der Waals surface area (Å²) >= 11 is 0. The maximum Gasteiger partial charge on any atom is 0.248 e. The number of pyridine rings is 1. The normalized spacial score (nSPS) is 11.5. The number of anilines is 1. The molecule has 0 radical (unpaired) electrons. The lowest BCUT2D eigenvalue weighted by Crippen LogP contribution is -2.08. The van der Waals surface area contributed by atoms with Gasteiger partial charge in [0.05, 0.1) is 0 Å². The Kier molecular flexibility index (Phi) is 8.19. The van der Waals surface area contributed by atoms with E-state index in [1.165, 1.54) is 12.3 Å². The topological polar surface area (TPSA) is 149 Å². The summed E-state index contributed by atoms with van der Waals surface area (Å²) in [6.07, 6.45) is 9.18. The molecule has 1 amide bonds. The van der Waals surface area contributed by atoms with Crippen molar-refractivity contribution < 1.29 is 9.53 Å². The molecule has 1 aromatic carbocycles. The number of aryl methyl sites for hydroxylation is 1. The highest BCUT2D eigenvalue weighted by molar-refractivity contribution is 6.11. The molecule has 0 aliphatic heterocycles. The van der Waals surface area contributed by atoms with E-state index < -0.39 is 0 Å². The number of allylic oxidation sites excluding steroid dienone is 2. The lowest BCUT2D eigenvalue weighted by atomic mass is 10.0. The molecule has 6 N–H and O–H groups in total. The van der Waals surface area contributed by atoms with Crippen LogP contribution in [0.1, 0.15) is 30.0 Å². The SMILES string of the molecule is C/C(N)=C(/C=N)c1ccncc1/C=C/C(=O)Nc1ccc(CCC(=N)OC=N)cc1. The Morgan fingerprint density at radius 2 is 1.97 bits per heavy atom. The molecule has 0 spiro atoms. The van der Waals surface area contributed by atoms with E-state index in [-0.39, 0.29) is 11.8 Å². The highest BCUT2D eigenvalue weighted by Crippen LogP contribution is 2.20. The molecule has 0 unspecified atom stereocenters. The van der Waals surface area contributed by atoms with Gasteiger partial charge in [-0.15, -0.1) is 0 Å². The van der Waals surface area contributed by atoms with Gasteiger partial charge < -0.3 is 21.2 Å². The molecular weight excluding hydrogens is 380 g/mol. The number of nitrogens with two attached hydrogens (primary N) is 1. The number of rotatable bonds is 9. The van der Waals surface area contributed by atoms with E-state index in [9.17, 15) is 4.79 Å². The van der Waals surface area contributed by atoms with E-state index in [2.05, 4.69) is 15.0 Å². The van der Waals surface area contributed by atoms with Crippen LogP contribution in [0.5, 0.6) is 0 Å². The third kappa shape index (κ3) is 6.52. The number of aromatic nitrogens is 1. The van der Waals surface area contributed by atoms with Crippen LogP contribution in [-0.2, 0) is 16.0 Å². The lowest BCUT2D eigenvalue weighted by Gasteiger charge is -2.08. The molecule has 0 aliphatic rings. The number of ether oxygens (including phenoxy) is 1. The van der Waals surface area contributed by atoms with E-state index in [4.69, 9.17) is 22.0 Å².